The average Bonchev–Trinajstić information content (AvgIpc) is 2.67. The van der Waals surface area contributed by atoms with Gasteiger partial charge >= 0.3 is 0 Å². The molecular weight excluding hydrogens is 256 g/mol. The molecule has 2 aromatic heterocycles. The maximum absolute atomic E-state index is 11.6. The number of nitrogen functional groups attached to an aromatic ring is 2. The van der Waals surface area contributed by atoms with Crippen molar-refractivity contribution >= 4 is 23.1 Å². The quantitative estimate of drug-likeness (QED) is 0.401. The van der Waals surface area contributed by atoms with Gasteiger partial charge in [-0.25, -0.2) is 4.98 Å². The van der Waals surface area contributed by atoms with Gasteiger partial charge in [0.25, 0.3) is 5.56 Å². The molecule has 104 valence electrons. The highest BCUT2D eigenvalue weighted by molar-refractivity contribution is 5.73. The average molecular weight is 270 g/mol. The molecule has 10 nitrogen and oxygen atoms in total. The number of nitrogens with zero attached hydrogens (tertiary/aromatic N) is 3. The Bertz CT molecular complexity index is 635. The minimum Gasteiger partial charge on any atom is -0.394 e. The predicted molar refractivity (Wildman–Crippen MR) is 66.0 cm³/mol. The molecule has 1 unspecified atom stereocenters. The molecule has 0 aliphatic carbocycles. The van der Waals surface area contributed by atoms with E-state index in [-0.39, 0.29) is 36.4 Å². The van der Waals surface area contributed by atoms with Crippen molar-refractivity contribution in [3.63, 3.8) is 0 Å². The van der Waals surface area contributed by atoms with Crippen molar-refractivity contribution in [3.05, 3.63) is 10.4 Å². The van der Waals surface area contributed by atoms with Crippen molar-refractivity contribution in [3.8, 4) is 0 Å². The van der Waals surface area contributed by atoms with Crippen LogP contribution in [0.4, 0.5) is 11.9 Å². The van der Waals surface area contributed by atoms with Crippen LogP contribution in [0, 0.1) is 0 Å². The standard InChI is InChI=1S/C9H14N6O4/c10-8-13-6-5(7(18)14-8)12-9(11)15(6)3-19-2-4(17)1-16/h4,16-17H,1-3H2,(H2,11,12)(H3,10,13,14,18). The van der Waals surface area contributed by atoms with E-state index in [9.17, 15) is 4.79 Å². The van der Waals surface area contributed by atoms with Crippen LogP contribution in [0.1, 0.15) is 0 Å². The van der Waals surface area contributed by atoms with Crippen LogP contribution in [0.3, 0.4) is 0 Å². The summed E-state index contributed by atoms with van der Waals surface area (Å²) in [5.74, 6) is -0.0221. The van der Waals surface area contributed by atoms with Crippen molar-refractivity contribution in [2.24, 2.45) is 0 Å². The summed E-state index contributed by atoms with van der Waals surface area (Å²) in [5.41, 5.74) is 10.8. The van der Waals surface area contributed by atoms with Crippen LogP contribution in [-0.2, 0) is 11.5 Å². The highest BCUT2D eigenvalue weighted by Gasteiger charge is 2.14. The molecule has 0 saturated carbocycles. The van der Waals surface area contributed by atoms with Gasteiger partial charge in [0.05, 0.1) is 13.2 Å². The number of nitrogens with one attached hydrogen (secondary N) is 1. The van der Waals surface area contributed by atoms with E-state index in [1.54, 1.807) is 0 Å². The molecule has 10 heteroatoms. The summed E-state index contributed by atoms with van der Waals surface area (Å²) < 4.78 is 6.48. The van der Waals surface area contributed by atoms with Gasteiger partial charge < -0.3 is 26.4 Å². The number of H-pyrrole nitrogens is 1. The van der Waals surface area contributed by atoms with E-state index >= 15 is 0 Å². The fraction of sp³-hybridized carbons (Fsp3) is 0.444. The van der Waals surface area contributed by atoms with Crippen LogP contribution >= 0.6 is 0 Å². The Morgan fingerprint density at radius 1 is 1.42 bits per heavy atom. The van der Waals surface area contributed by atoms with Crippen molar-refractivity contribution in [1.82, 2.24) is 19.5 Å². The molecule has 0 bridgehead atoms. The smallest absolute Gasteiger partial charge is 0.280 e. The third kappa shape index (κ3) is 2.65. The topological polar surface area (TPSA) is 165 Å². The Morgan fingerprint density at radius 3 is 2.84 bits per heavy atom. The first-order valence-corrected chi connectivity index (χ1v) is 5.41. The second-order valence-electron chi connectivity index (χ2n) is 3.86. The highest BCUT2D eigenvalue weighted by Crippen LogP contribution is 2.12. The zero-order valence-electron chi connectivity index (χ0n) is 9.91. The molecule has 0 aliphatic rings. The molecule has 19 heavy (non-hydrogen) atoms. The minimum atomic E-state index is -0.988. The number of aliphatic hydroxyl groups excluding tert-OH is 2. The number of imidazole rings is 1. The summed E-state index contributed by atoms with van der Waals surface area (Å²) in [4.78, 5) is 21.7. The van der Waals surface area contributed by atoms with E-state index < -0.39 is 18.3 Å². The Kier molecular flexibility index (Phi) is 3.64. The second kappa shape index (κ2) is 5.22. The van der Waals surface area contributed by atoms with Gasteiger partial charge in [-0.2, -0.15) is 4.98 Å². The lowest BCUT2D eigenvalue weighted by atomic mass is 10.4. The van der Waals surface area contributed by atoms with Gasteiger partial charge in [-0.1, -0.05) is 0 Å². The fourth-order valence-corrected chi connectivity index (χ4v) is 1.50. The number of aliphatic hydroxyl groups is 2. The van der Waals surface area contributed by atoms with Gasteiger partial charge in [-0.15, -0.1) is 0 Å². The van der Waals surface area contributed by atoms with E-state index in [0.29, 0.717) is 0 Å². The Balaban J connectivity index is 2.27. The summed E-state index contributed by atoms with van der Waals surface area (Å²) in [5, 5.41) is 17.8. The highest BCUT2D eigenvalue weighted by atomic mass is 16.5. The molecule has 0 aromatic carbocycles. The number of ether oxygens (including phenoxy) is 1. The molecule has 2 aromatic rings. The van der Waals surface area contributed by atoms with E-state index in [1.165, 1.54) is 4.57 Å². The summed E-state index contributed by atoms with van der Waals surface area (Å²) >= 11 is 0. The molecule has 2 rings (SSSR count). The third-order valence-electron chi connectivity index (χ3n) is 2.39. The lowest BCUT2D eigenvalue weighted by Crippen LogP contribution is -2.21. The number of aromatic nitrogens is 4. The van der Waals surface area contributed by atoms with Crippen LogP contribution < -0.4 is 17.0 Å². The number of rotatable bonds is 5. The normalized spacial score (nSPS) is 12.9. The molecule has 0 spiro atoms. The van der Waals surface area contributed by atoms with Gasteiger partial charge in [0, 0.05) is 0 Å². The maximum atomic E-state index is 11.6. The number of hydrogen-bond acceptors (Lipinski definition) is 8. The van der Waals surface area contributed by atoms with Crippen molar-refractivity contribution in [2.45, 2.75) is 12.8 Å². The molecular formula is C9H14N6O4. The van der Waals surface area contributed by atoms with Gasteiger partial charge in [0.15, 0.2) is 11.2 Å². The number of aromatic amines is 1. The molecule has 2 heterocycles. The van der Waals surface area contributed by atoms with Crippen molar-refractivity contribution < 1.29 is 14.9 Å². The van der Waals surface area contributed by atoms with Crippen molar-refractivity contribution in [2.75, 3.05) is 24.7 Å². The minimum absolute atomic E-state index is 0.0390. The Morgan fingerprint density at radius 2 is 2.16 bits per heavy atom. The van der Waals surface area contributed by atoms with Crippen molar-refractivity contribution in [1.29, 1.82) is 0 Å². The first-order chi connectivity index (χ1) is 9.02. The largest absolute Gasteiger partial charge is 0.394 e. The Labute approximate surface area is 106 Å². The van der Waals surface area contributed by atoms with E-state index in [1.807, 2.05) is 0 Å². The molecule has 7 N–H and O–H groups in total. The summed E-state index contributed by atoms with van der Waals surface area (Å²) in [6.45, 7) is -0.575. The number of fused-ring (bicyclic) bond motifs is 1. The third-order valence-corrected chi connectivity index (χ3v) is 2.39. The number of hydrogen-bond donors (Lipinski definition) is 5. The van der Waals surface area contributed by atoms with Crippen LogP contribution in [-0.4, -0.2) is 49.0 Å². The zero-order chi connectivity index (χ0) is 14.0. The molecule has 0 aliphatic heterocycles. The molecule has 0 fully saturated rings. The lowest BCUT2D eigenvalue weighted by Gasteiger charge is -2.10. The van der Waals surface area contributed by atoms with Gasteiger partial charge in [0.1, 0.15) is 12.8 Å². The number of nitrogens with two attached hydrogens (primary N) is 2. The zero-order valence-corrected chi connectivity index (χ0v) is 9.91. The van der Waals surface area contributed by atoms with Crippen LogP contribution in [0.25, 0.3) is 11.2 Å². The molecule has 0 amide bonds. The number of anilines is 2. The lowest BCUT2D eigenvalue weighted by molar-refractivity contribution is -0.0157. The first-order valence-electron chi connectivity index (χ1n) is 5.41. The Hall–Kier alpha value is -2.17. The molecule has 0 saturated heterocycles. The molecule has 1 atom stereocenters. The van der Waals surface area contributed by atoms with Gasteiger partial charge in [-0.3, -0.25) is 14.3 Å². The summed E-state index contributed by atoms with van der Waals surface area (Å²) in [6.07, 6.45) is -0.988. The fourth-order valence-electron chi connectivity index (χ4n) is 1.50. The monoisotopic (exact) mass is 270 g/mol. The van der Waals surface area contributed by atoms with E-state index in [0.717, 1.165) is 0 Å². The maximum Gasteiger partial charge on any atom is 0.280 e. The van der Waals surface area contributed by atoms with E-state index in [4.69, 9.17) is 26.4 Å². The predicted octanol–water partition coefficient (Wildman–Crippen LogP) is -2.39. The van der Waals surface area contributed by atoms with E-state index in [2.05, 4.69) is 15.0 Å². The summed E-state index contributed by atoms with van der Waals surface area (Å²) in [7, 11) is 0. The SMILES string of the molecule is Nc1nc2c(nc(N)n2COCC(O)CO)c(=O)[nH]1. The second-order valence-corrected chi connectivity index (χ2v) is 3.86. The van der Waals surface area contributed by atoms with Crippen LogP contribution in [0.2, 0.25) is 0 Å². The first kappa shape index (κ1) is 13.3. The van der Waals surface area contributed by atoms with Crippen LogP contribution in [0.15, 0.2) is 4.79 Å². The molecule has 0 radical (unpaired) electrons. The van der Waals surface area contributed by atoms with Gasteiger partial charge in [-0.05, 0) is 0 Å². The van der Waals surface area contributed by atoms with Gasteiger partial charge in [0.2, 0.25) is 11.9 Å². The summed E-state index contributed by atoms with van der Waals surface area (Å²) in [6, 6.07) is 0. The van der Waals surface area contributed by atoms with Crippen LogP contribution in [0.5, 0.6) is 0 Å².